The van der Waals surface area contributed by atoms with Crippen LogP contribution in [-0.4, -0.2) is 4.68 Å². The van der Waals surface area contributed by atoms with Gasteiger partial charge in [-0.3, -0.25) is 0 Å². The Kier molecular flexibility index (Phi) is 5.30. The summed E-state index contributed by atoms with van der Waals surface area (Å²) < 4.78 is 4.56. The fraction of sp³-hybridized carbons (Fsp3) is 0.700. The van der Waals surface area contributed by atoms with Crippen molar-refractivity contribution in [3.8, 4) is 0 Å². The lowest BCUT2D eigenvalue weighted by atomic mass is 10.3. The molecule has 13 heavy (non-hydrogen) atoms. The van der Waals surface area contributed by atoms with E-state index in [0.717, 1.165) is 6.54 Å². The quantitative estimate of drug-likeness (QED) is 0.589. The zero-order valence-electron chi connectivity index (χ0n) is 8.97. The zero-order valence-corrected chi connectivity index (χ0v) is 10.6. The first kappa shape index (κ1) is 12.7. The molecule has 0 N–H and O–H groups in total. The number of unbranched alkanes of at least 4 members (excludes halogenated alkanes) is 1. The van der Waals surface area contributed by atoms with E-state index in [9.17, 15) is 0 Å². The molecule has 0 fully saturated rings. The number of nitrogens with zero attached hydrogens (tertiary/aromatic N) is 2. The molecule has 1 aromatic rings. The van der Waals surface area contributed by atoms with Crippen LogP contribution in [0.3, 0.4) is 0 Å². The Morgan fingerprint density at radius 1 is 1.38 bits per heavy atom. The second-order valence-corrected chi connectivity index (χ2v) is 3.43. The molecule has 0 aliphatic carbocycles. The minimum atomic E-state index is 0. The maximum absolute atomic E-state index is 2.33. The Morgan fingerprint density at radius 3 is 2.38 bits per heavy atom. The predicted octanol–water partition coefficient (Wildman–Crippen LogP) is -1.27. The molecule has 0 saturated heterocycles. The summed E-state index contributed by atoms with van der Waals surface area (Å²) in [7, 11) is 2.12. The van der Waals surface area contributed by atoms with Gasteiger partial charge in [0.1, 0.15) is 0 Å². The minimum absolute atomic E-state index is 0. The average molecular weight is 247 g/mol. The standard InChI is InChI=1S/C10H19N2.BrH/c1-5-6-7-12-10(3)8-9(2)11(12)4;/h8H,5-7H2,1-4H3;1H/q+1;/p-1. The Hall–Kier alpha value is -0.310. The molecule has 0 saturated carbocycles. The lowest BCUT2D eigenvalue weighted by Gasteiger charge is -2.00. The van der Waals surface area contributed by atoms with Gasteiger partial charge in [-0.25, -0.2) is 0 Å². The summed E-state index contributed by atoms with van der Waals surface area (Å²) in [6.45, 7) is 7.69. The number of halogens is 1. The lowest BCUT2D eigenvalue weighted by molar-refractivity contribution is -0.759. The third kappa shape index (κ3) is 2.83. The van der Waals surface area contributed by atoms with Gasteiger partial charge < -0.3 is 17.0 Å². The van der Waals surface area contributed by atoms with E-state index in [2.05, 4.69) is 43.2 Å². The zero-order chi connectivity index (χ0) is 9.14. The van der Waals surface area contributed by atoms with Crippen LogP contribution in [0.2, 0.25) is 0 Å². The van der Waals surface area contributed by atoms with E-state index < -0.39 is 0 Å². The normalized spacial score (nSPS) is 9.85. The molecule has 3 heteroatoms. The maximum Gasteiger partial charge on any atom is 0.204 e. The fourth-order valence-electron chi connectivity index (χ4n) is 1.53. The van der Waals surface area contributed by atoms with Gasteiger partial charge >= 0.3 is 0 Å². The molecule has 0 aliphatic rings. The molecule has 0 amide bonds. The molecule has 0 spiro atoms. The fourth-order valence-corrected chi connectivity index (χ4v) is 1.53. The van der Waals surface area contributed by atoms with Gasteiger partial charge in [0, 0.05) is 13.0 Å². The maximum atomic E-state index is 2.33. The molecule has 2 nitrogen and oxygen atoms in total. The topological polar surface area (TPSA) is 8.81 Å². The van der Waals surface area contributed by atoms with Crippen molar-refractivity contribution in [2.45, 2.75) is 40.2 Å². The molecule has 0 aromatic carbocycles. The largest absolute Gasteiger partial charge is 1.00 e. The van der Waals surface area contributed by atoms with Crippen LogP contribution in [0, 0.1) is 13.8 Å². The summed E-state index contributed by atoms with van der Waals surface area (Å²) in [6.07, 6.45) is 2.53. The molecule has 1 aromatic heterocycles. The first-order valence-corrected chi connectivity index (χ1v) is 4.70. The van der Waals surface area contributed by atoms with E-state index in [-0.39, 0.29) is 17.0 Å². The highest BCUT2D eigenvalue weighted by Crippen LogP contribution is 2.01. The van der Waals surface area contributed by atoms with E-state index in [0.29, 0.717) is 0 Å². The van der Waals surface area contributed by atoms with Crippen molar-refractivity contribution in [3.63, 3.8) is 0 Å². The van der Waals surface area contributed by atoms with Crippen molar-refractivity contribution < 1.29 is 21.7 Å². The van der Waals surface area contributed by atoms with Crippen molar-refractivity contribution in [1.29, 1.82) is 0 Å². The average Bonchev–Trinajstić information content (AvgIpc) is 2.25. The van der Waals surface area contributed by atoms with Crippen LogP contribution in [0.15, 0.2) is 6.07 Å². The smallest absolute Gasteiger partial charge is 0.204 e. The monoisotopic (exact) mass is 246 g/mol. The number of hydrogen-bond acceptors (Lipinski definition) is 0. The molecule has 0 aliphatic heterocycles. The van der Waals surface area contributed by atoms with Gasteiger partial charge in [0.25, 0.3) is 0 Å². The summed E-state index contributed by atoms with van der Waals surface area (Å²) in [4.78, 5) is 0. The summed E-state index contributed by atoms with van der Waals surface area (Å²) in [5.74, 6) is 0. The molecule has 0 atom stereocenters. The van der Waals surface area contributed by atoms with Crippen molar-refractivity contribution in [3.05, 3.63) is 17.5 Å². The van der Waals surface area contributed by atoms with Crippen molar-refractivity contribution in [1.82, 2.24) is 4.68 Å². The third-order valence-corrected chi connectivity index (χ3v) is 2.42. The molecule has 76 valence electrons. The number of rotatable bonds is 3. The Bertz CT molecular complexity index is 266. The molecule has 0 radical (unpaired) electrons. The van der Waals surface area contributed by atoms with Crippen LogP contribution < -0.4 is 21.7 Å². The van der Waals surface area contributed by atoms with E-state index in [4.69, 9.17) is 0 Å². The Labute approximate surface area is 91.3 Å². The number of hydrogen-bond donors (Lipinski definition) is 0. The summed E-state index contributed by atoms with van der Waals surface area (Å²) in [5, 5.41) is 0. The highest BCUT2D eigenvalue weighted by molar-refractivity contribution is 5.01. The molecule has 1 rings (SSSR count). The Balaban J connectivity index is 0.00000144. The van der Waals surface area contributed by atoms with Crippen molar-refractivity contribution in [2.24, 2.45) is 7.05 Å². The van der Waals surface area contributed by atoms with Crippen molar-refractivity contribution in [2.75, 3.05) is 0 Å². The van der Waals surface area contributed by atoms with Gasteiger partial charge in [-0.1, -0.05) is 13.3 Å². The van der Waals surface area contributed by atoms with Crippen molar-refractivity contribution >= 4 is 0 Å². The number of aryl methyl sites for hydroxylation is 2. The highest BCUT2D eigenvalue weighted by atomic mass is 79.9. The van der Waals surface area contributed by atoms with Crippen LogP contribution >= 0.6 is 0 Å². The molecule has 0 unspecified atom stereocenters. The van der Waals surface area contributed by atoms with E-state index in [1.165, 1.54) is 24.2 Å². The van der Waals surface area contributed by atoms with E-state index >= 15 is 0 Å². The van der Waals surface area contributed by atoms with Gasteiger partial charge in [0.2, 0.25) is 5.69 Å². The lowest BCUT2D eigenvalue weighted by Crippen LogP contribution is -3.00. The second-order valence-electron chi connectivity index (χ2n) is 3.43. The van der Waals surface area contributed by atoms with Crippen LogP contribution in [0.1, 0.15) is 31.2 Å². The summed E-state index contributed by atoms with van der Waals surface area (Å²) in [5.41, 5.74) is 2.70. The summed E-state index contributed by atoms with van der Waals surface area (Å²) >= 11 is 0. The van der Waals surface area contributed by atoms with E-state index in [1.807, 2.05) is 0 Å². The molecule has 1 heterocycles. The van der Waals surface area contributed by atoms with Crippen LogP contribution in [0.25, 0.3) is 0 Å². The van der Waals surface area contributed by atoms with Gasteiger partial charge in [-0.2, -0.15) is 4.68 Å². The molecular weight excluding hydrogens is 228 g/mol. The predicted molar refractivity (Wildman–Crippen MR) is 50.0 cm³/mol. The van der Waals surface area contributed by atoms with Gasteiger partial charge in [0.05, 0.1) is 12.2 Å². The van der Waals surface area contributed by atoms with Gasteiger partial charge in [-0.05, 0) is 13.3 Å². The SMILES string of the molecule is CCCCn1c(C)cc(C)[n+]1C.[Br-]. The minimum Gasteiger partial charge on any atom is -1.00 e. The van der Waals surface area contributed by atoms with Crippen LogP contribution in [-0.2, 0) is 13.6 Å². The van der Waals surface area contributed by atoms with E-state index in [1.54, 1.807) is 0 Å². The summed E-state index contributed by atoms with van der Waals surface area (Å²) in [6, 6.07) is 2.23. The highest BCUT2D eigenvalue weighted by Gasteiger charge is 2.11. The molecular formula is C10H19BrN2. The van der Waals surface area contributed by atoms with Gasteiger partial charge in [0.15, 0.2) is 7.05 Å². The first-order valence-electron chi connectivity index (χ1n) is 4.70. The molecule has 0 bridgehead atoms. The second kappa shape index (κ2) is 5.43. The Morgan fingerprint density at radius 2 is 2.00 bits per heavy atom. The first-order chi connectivity index (χ1) is 5.66. The number of aromatic nitrogens is 2. The van der Waals surface area contributed by atoms with Gasteiger partial charge in [-0.15, -0.1) is 4.68 Å². The van der Waals surface area contributed by atoms with Crippen LogP contribution in [0.4, 0.5) is 0 Å². The third-order valence-electron chi connectivity index (χ3n) is 2.42. The van der Waals surface area contributed by atoms with Crippen LogP contribution in [0.5, 0.6) is 0 Å².